The molecule has 5 rings (SSSR count). The number of aromatic nitrogens is 1. The van der Waals surface area contributed by atoms with Crippen molar-refractivity contribution in [2.24, 2.45) is 0 Å². The second-order valence-corrected chi connectivity index (χ2v) is 7.69. The van der Waals surface area contributed by atoms with Crippen LogP contribution in [0.3, 0.4) is 0 Å². The van der Waals surface area contributed by atoms with Gasteiger partial charge in [0.1, 0.15) is 6.10 Å². The molecule has 6 nitrogen and oxygen atoms in total. The summed E-state index contributed by atoms with van der Waals surface area (Å²) < 4.78 is 7.80. The Morgan fingerprint density at radius 3 is 2.55 bits per heavy atom. The van der Waals surface area contributed by atoms with E-state index in [4.69, 9.17) is 4.74 Å². The standard InChI is InChI=1S/C25H23N3O3/c1-2-27-22-11-7-6-10-20(22)21-14-17(12-13-23(21)27)26-25(30)31-19-15-24(29)28(16-19)18-8-4-3-5-9-18/h3-14,19H,2,15-16H2,1H3,(H,26,30). The lowest BCUT2D eigenvalue weighted by molar-refractivity contribution is -0.117. The highest BCUT2D eigenvalue weighted by Crippen LogP contribution is 2.31. The second kappa shape index (κ2) is 7.80. The number of nitrogens with zero attached hydrogens (tertiary/aromatic N) is 2. The normalized spacial score (nSPS) is 16.2. The third-order valence-corrected chi connectivity index (χ3v) is 5.77. The molecule has 1 unspecified atom stereocenters. The first-order valence-corrected chi connectivity index (χ1v) is 10.5. The van der Waals surface area contributed by atoms with Crippen molar-refractivity contribution in [1.29, 1.82) is 0 Å². The van der Waals surface area contributed by atoms with Crippen LogP contribution in [-0.4, -0.2) is 29.2 Å². The Labute approximate surface area is 180 Å². The van der Waals surface area contributed by atoms with Gasteiger partial charge in [0, 0.05) is 39.7 Å². The second-order valence-electron chi connectivity index (χ2n) is 7.69. The molecule has 6 heteroatoms. The van der Waals surface area contributed by atoms with Gasteiger partial charge in [0.15, 0.2) is 0 Å². The van der Waals surface area contributed by atoms with E-state index < -0.39 is 12.2 Å². The monoisotopic (exact) mass is 413 g/mol. The van der Waals surface area contributed by atoms with Crippen molar-refractivity contribution in [3.8, 4) is 0 Å². The summed E-state index contributed by atoms with van der Waals surface area (Å²) in [5.41, 5.74) is 3.78. The lowest BCUT2D eigenvalue weighted by atomic mass is 10.1. The van der Waals surface area contributed by atoms with Crippen LogP contribution in [0.1, 0.15) is 13.3 Å². The van der Waals surface area contributed by atoms with E-state index in [-0.39, 0.29) is 12.3 Å². The van der Waals surface area contributed by atoms with Gasteiger partial charge in [-0.3, -0.25) is 10.1 Å². The van der Waals surface area contributed by atoms with Gasteiger partial charge in [0.25, 0.3) is 0 Å². The van der Waals surface area contributed by atoms with Crippen molar-refractivity contribution in [2.75, 3.05) is 16.8 Å². The maximum Gasteiger partial charge on any atom is 0.411 e. The summed E-state index contributed by atoms with van der Waals surface area (Å²) in [4.78, 5) is 26.5. The number of aryl methyl sites for hydroxylation is 1. The first-order valence-electron chi connectivity index (χ1n) is 10.5. The van der Waals surface area contributed by atoms with Gasteiger partial charge >= 0.3 is 6.09 Å². The molecule has 1 N–H and O–H groups in total. The number of carbonyl (C=O) groups is 2. The minimum Gasteiger partial charge on any atom is -0.444 e. The van der Waals surface area contributed by atoms with E-state index in [0.717, 1.165) is 28.5 Å². The summed E-state index contributed by atoms with van der Waals surface area (Å²) in [6, 6.07) is 23.5. The van der Waals surface area contributed by atoms with Gasteiger partial charge < -0.3 is 14.2 Å². The molecule has 156 valence electrons. The SMILES string of the molecule is CCn1c2ccccc2c2cc(NC(=O)OC3CC(=O)N(c4ccccc4)C3)ccc21. The average Bonchev–Trinajstić information content (AvgIpc) is 3.31. The molecule has 1 aliphatic heterocycles. The van der Waals surface area contributed by atoms with Crippen LogP contribution in [0.5, 0.6) is 0 Å². The van der Waals surface area contributed by atoms with Crippen molar-refractivity contribution in [3.05, 3.63) is 72.8 Å². The maximum atomic E-state index is 12.5. The summed E-state index contributed by atoms with van der Waals surface area (Å²) >= 11 is 0. The number of rotatable bonds is 4. The van der Waals surface area contributed by atoms with Crippen LogP contribution < -0.4 is 10.2 Å². The molecule has 0 saturated carbocycles. The Bertz CT molecular complexity index is 1280. The summed E-state index contributed by atoms with van der Waals surface area (Å²) in [7, 11) is 0. The van der Waals surface area contributed by atoms with Crippen molar-refractivity contribution >= 4 is 45.2 Å². The minimum atomic E-state index is -0.550. The number of ether oxygens (including phenoxy) is 1. The van der Waals surface area contributed by atoms with E-state index in [9.17, 15) is 9.59 Å². The van der Waals surface area contributed by atoms with E-state index in [2.05, 4.69) is 28.9 Å². The number of nitrogens with one attached hydrogen (secondary N) is 1. The van der Waals surface area contributed by atoms with Crippen molar-refractivity contribution in [2.45, 2.75) is 26.0 Å². The molecule has 1 aliphatic rings. The Kier molecular flexibility index (Phi) is 4.82. The van der Waals surface area contributed by atoms with E-state index in [1.165, 1.54) is 5.52 Å². The first-order chi connectivity index (χ1) is 15.1. The number of benzene rings is 3. The van der Waals surface area contributed by atoms with Crippen LogP contribution in [-0.2, 0) is 16.1 Å². The number of hydrogen-bond donors (Lipinski definition) is 1. The zero-order chi connectivity index (χ0) is 21.4. The summed E-state index contributed by atoms with van der Waals surface area (Å²) in [5.74, 6) is -0.0437. The number of amides is 2. The highest BCUT2D eigenvalue weighted by Gasteiger charge is 2.33. The molecule has 31 heavy (non-hydrogen) atoms. The Balaban J connectivity index is 1.32. The smallest absolute Gasteiger partial charge is 0.411 e. The fourth-order valence-corrected chi connectivity index (χ4v) is 4.38. The van der Waals surface area contributed by atoms with Gasteiger partial charge in [-0.05, 0) is 43.3 Å². The molecule has 4 aromatic rings. The third kappa shape index (κ3) is 3.50. The molecule has 3 aromatic carbocycles. The molecule has 0 radical (unpaired) electrons. The molecule has 0 spiro atoms. The van der Waals surface area contributed by atoms with E-state index >= 15 is 0 Å². The third-order valence-electron chi connectivity index (χ3n) is 5.77. The van der Waals surface area contributed by atoms with E-state index in [1.807, 2.05) is 60.7 Å². The van der Waals surface area contributed by atoms with Crippen LogP contribution in [0.25, 0.3) is 21.8 Å². The molecule has 2 heterocycles. The Morgan fingerprint density at radius 2 is 1.74 bits per heavy atom. The molecular weight excluding hydrogens is 390 g/mol. The number of para-hydroxylation sites is 2. The lowest BCUT2D eigenvalue weighted by Crippen LogP contribution is -2.27. The summed E-state index contributed by atoms with van der Waals surface area (Å²) in [5, 5.41) is 5.06. The fraction of sp³-hybridized carbons (Fsp3) is 0.200. The molecule has 1 fully saturated rings. The van der Waals surface area contributed by atoms with Crippen molar-refractivity contribution in [3.63, 3.8) is 0 Å². The molecule has 1 atom stereocenters. The summed E-state index contributed by atoms with van der Waals surface area (Å²) in [6.07, 6.45) is -0.838. The van der Waals surface area contributed by atoms with Crippen LogP contribution in [0, 0.1) is 0 Å². The predicted octanol–water partition coefficient (Wildman–Crippen LogP) is 5.17. The average molecular weight is 413 g/mol. The Hall–Kier alpha value is -3.80. The largest absolute Gasteiger partial charge is 0.444 e. The van der Waals surface area contributed by atoms with Crippen molar-refractivity contribution in [1.82, 2.24) is 4.57 Å². The predicted molar refractivity (Wildman–Crippen MR) is 122 cm³/mol. The minimum absolute atomic E-state index is 0.0437. The highest BCUT2D eigenvalue weighted by atomic mass is 16.6. The maximum absolute atomic E-state index is 12.5. The number of anilines is 2. The van der Waals surface area contributed by atoms with Gasteiger partial charge in [-0.25, -0.2) is 4.79 Å². The van der Waals surface area contributed by atoms with Crippen LogP contribution in [0.2, 0.25) is 0 Å². The lowest BCUT2D eigenvalue weighted by Gasteiger charge is -2.16. The first kappa shape index (κ1) is 19.2. The topological polar surface area (TPSA) is 63.6 Å². The zero-order valence-electron chi connectivity index (χ0n) is 17.2. The summed E-state index contributed by atoms with van der Waals surface area (Å²) in [6.45, 7) is 3.35. The molecule has 0 bridgehead atoms. The van der Waals surface area contributed by atoms with Gasteiger partial charge in [-0.2, -0.15) is 0 Å². The molecule has 0 aliphatic carbocycles. The van der Waals surface area contributed by atoms with Crippen LogP contribution in [0.15, 0.2) is 72.8 Å². The molecule has 2 amide bonds. The number of hydrogen-bond acceptors (Lipinski definition) is 3. The highest BCUT2D eigenvalue weighted by molar-refractivity contribution is 6.09. The number of carbonyl (C=O) groups excluding carboxylic acids is 2. The van der Waals surface area contributed by atoms with Gasteiger partial charge in [-0.15, -0.1) is 0 Å². The van der Waals surface area contributed by atoms with Crippen molar-refractivity contribution < 1.29 is 14.3 Å². The Morgan fingerprint density at radius 1 is 1.00 bits per heavy atom. The quantitative estimate of drug-likeness (QED) is 0.502. The van der Waals surface area contributed by atoms with Crippen LogP contribution in [0.4, 0.5) is 16.2 Å². The van der Waals surface area contributed by atoms with E-state index in [1.54, 1.807) is 4.90 Å². The van der Waals surface area contributed by atoms with Gasteiger partial charge in [-0.1, -0.05) is 36.4 Å². The van der Waals surface area contributed by atoms with Gasteiger partial charge in [0.05, 0.1) is 13.0 Å². The fourth-order valence-electron chi connectivity index (χ4n) is 4.38. The molecule has 1 saturated heterocycles. The zero-order valence-corrected chi connectivity index (χ0v) is 17.2. The molecular formula is C25H23N3O3. The van der Waals surface area contributed by atoms with E-state index in [0.29, 0.717) is 12.2 Å². The van der Waals surface area contributed by atoms with Crippen LogP contribution >= 0.6 is 0 Å². The molecule has 1 aromatic heterocycles. The number of fused-ring (bicyclic) bond motifs is 3. The van der Waals surface area contributed by atoms with Gasteiger partial charge in [0.2, 0.25) is 5.91 Å².